The van der Waals surface area contributed by atoms with Crippen LogP contribution < -0.4 is 15.4 Å². The summed E-state index contributed by atoms with van der Waals surface area (Å²) in [6.45, 7) is 4.67. The Kier molecular flexibility index (Phi) is 7.11. The smallest absolute Gasteiger partial charge is 0.269 e. The highest BCUT2D eigenvalue weighted by molar-refractivity contribution is 6.05. The van der Waals surface area contributed by atoms with Gasteiger partial charge in [-0.15, -0.1) is 0 Å². The number of ether oxygens (including phenoxy) is 2. The SMILES string of the molecule is COCCNC(=O)c1cc(C(=O)Nc2ccc(OC(C)C)cc2)ccn1. The number of nitrogens with one attached hydrogen (secondary N) is 2. The van der Waals surface area contributed by atoms with Crippen LogP contribution in [0.4, 0.5) is 5.69 Å². The molecule has 0 radical (unpaired) electrons. The van der Waals surface area contributed by atoms with E-state index in [0.717, 1.165) is 5.75 Å². The maximum atomic E-state index is 12.4. The number of pyridine rings is 1. The lowest BCUT2D eigenvalue weighted by Crippen LogP contribution is -2.28. The van der Waals surface area contributed by atoms with Crippen LogP contribution in [0.1, 0.15) is 34.7 Å². The fourth-order valence-electron chi connectivity index (χ4n) is 2.15. The summed E-state index contributed by atoms with van der Waals surface area (Å²) < 4.78 is 10.4. The molecule has 0 aliphatic heterocycles. The van der Waals surface area contributed by atoms with Crippen LogP contribution in [0.3, 0.4) is 0 Å². The van der Waals surface area contributed by atoms with Gasteiger partial charge < -0.3 is 20.1 Å². The third-order valence-electron chi connectivity index (χ3n) is 3.33. The molecule has 0 unspecified atom stereocenters. The largest absolute Gasteiger partial charge is 0.491 e. The molecule has 0 spiro atoms. The molecule has 26 heavy (non-hydrogen) atoms. The summed E-state index contributed by atoms with van der Waals surface area (Å²) in [5.74, 6) is 0.0553. The molecule has 0 saturated carbocycles. The molecule has 1 heterocycles. The van der Waals surface area contributed by atoms with Gasteiger partial charge in [0.25, 0.3) is 11.8 Å². The van der Waals surface area contributed by atoms with E-state index in [-0.39, 0.29) is 23.6 Å². The number of anilines is 1. The topological polar surface area (TPSA) is 89.5 Å². The van der Waals surface area contributed by atoms with Gasteiger partial charge in [-0.3, -0.25) is 14.6 Å². The van der Waals surface area contributed by atoms with Crippen LogP contribution in [0, 0.1) is 0 Å². The summed E-state index contributed by atoms with van der Waals surface area (Å²) in [7, 11) is 1.55. The Morgan fingerprint density at radius 1 is 1.12 bits per heavy atom. The molecule has 2 amide bonds. The standard InChI is InChI=1S/C19H23N3O4/c1-13(2)26-16-6-4-15(5-7-16)22-18(23)14-8-9-20-17(12-14)19(24)21-10-11-25-3/h4-9,12-13H,10-11H2,1-3H3,(H,21,24)(H,22,23). The van der Waals surface area contributed by atoms with Crippen molar-refractivity contribution in [2.45, 2.75) is 20.0 Å². The van der Waals surface area contributed by atoms with Crippen molar-refractivity contribution in [3.05, 3.63) is 53.9 Å². The van der Waals surface area contributed by atoms with Gasteiger partial charge in [-0.05, 0) is 50.2 Å². The highest BCUT2D eigenvalue weighted by Crippen LogP contribution is 2.17. The van der Waals surface area contributed by atoms with Crippen LogP contribution in [0.5, 0.6) is 5.75 Å². The number of methoxy groups -OCH3 is 1. The summed E-state index contributed by atoms with van der Waals surface area (Å²) in [6, 6.07) is 10.1. The van der Waals surface area contributed by atoms with Gasteiger partial charge in [0.2, 0.25) is 0 Å². The van der Waals surface area contributed by atoms with Crippen molar-refractivity contribution in [1.82, 2.24) is 10.3 Å². The second kappa shape index (κ2) is 9.53. The van der Waals surface area contributed by atoms with Crippen molar-refractivity contribution in [3.63, 3.8) is 0 Å². The number of hydrogen-bond donors (Lipinski definition) is 2. The van der Waals surface area contributed by atoms with Crippen molar-refractivity contribution in [2.75, 3.05) is 25.6 Å². The van der Waals surface area contributed by atoms with E-state index >= 15 is 0 Å². The van der Waals surface area contributed by atoms with E-state index in [1.165, 1.54) is 12.3 Å². The van der Waals surface area contributed by atoms with Gasteiger partial charge >= 0.3 is 0 Å². The normalized spacial score (nSPS) is 10.5. The molecular formula is C19H23N3O4. The molecular weight excluding hydrogens is 334 g/mol. The van der Waals surface area contributed by atoms with Gasteiger partial charge in [0.15, 0.2) is 0 Å². The maximum Gasteiger partial charge on any atom is 0.269 e. The van der Waals surface area contributed by atoms with Crippen molar-refractivity contribution in [1.29, 1.82) is 0 Å². The molecule has 0 aliphatic rings. The van der Waals surface area contributed by atoms with Crippen LogP contribution in [0.2, 0.25) is 0 Å². The van der Waals surface area contributed by atoms with Crippen LogP contribution in [-0.2, 0) is 4.74 Å². The molecule has 7 nitrogen and oxygen atoms in total. The van der Waals surface area contributed by atoms with Gasteiger partial charge in [0.1, 0.15) is 11.4 Å². The molecule has 0 atom stereocenters. The van der Waals surface area contributed by atoms with E-state index in [9.17, 15) is 9.59 Å². The molecule has 0 aliphatic carbocycles. The maximum absolute atomic E-state index is 12.4. The average molecular weight is 357 g/mol. The molecule has 1 aromatic heterocycles. The Morgan fingerprint density at radius 2 is 1.85 bits per heavy atom. The summed E-state index contributed by atoms with van der Waals surface area (Å²) in [6.07, 6.45) is 1.51. The second-order valence-electron chi connectivity index (χ2n) is 5.82. The lowest BCUT2D eigenvalue weighted by Gasteiger charge is -2.11. The van der Waals surface area contributed by atoms with E-state index in [0.29, 0.717) is 24.4 Å². The third-order valence-corrected chi connectivity index (χ3v) is 3.33. The number of benzene rings is 1. The van der Waals surface area contributed by atoms with Crippen LogP contribution in [0.15, 0.2) is 42.6 Å². The minimum absolute atomic E-state index is 0.0840. The van der Waals surface area contributed by atoms with Crippen LogP contribution >= 0.6 is 0 Å². The Morgan fingerprint density at radius 3 is 2.50 bits per heavy atom. The van der Waals surface area contributed by atoms with E-state index in [1.807, 2.05) is 13.8 Å². The van der Waals surface area contributed by atoms with Crippen molar-refractivity contribution in [3.8, 4) is 5.75 Å². The molecule has 2 aromatic rings. The average Bonchev–Trinajstić information content (AvgIpc) is 2.63. The number of nitrogens with zero attached hydrogens (tertiary/aromatic N) is 1. The van der Waals surface area contributed by atoms with Crippen molar-refractivity contribution in [2.24, 2.45) is 0 Å². The molecule has 7 heteroatoms. The van der Waals surface area contributed by atoms with E-state index in [4.69, 9.17) is 9.47 Å². The predicted molar refractivity (Wildman–Crippen MR) is 98.6 cm³/mol. The zero-order chi connectivity index (χ0) is 18.9. The predicted octanol–water partition coefficient (Wildman–Crippen LogP) is 2.50. The highest BCUT2D eigenvalue weighted by Gasteiger charge is 2.12. The minimum Gasteiger partial charge on any atom is -0.491 e. The molecule has 0 fully saturated rings. The first-order chi connectivity index (χ1) is 12.5. The number of carbonyl (C=O) groups is 2. The number of hydrogen-bond acceptors (Lipinski definition) is 5. The zero-order valence-corrected chi connectivity index (χ0v) is 15.1. The van der Waals surface area contributed by atoms with Gasteiger partial charge in [0.05, 0.1) is 12.7 Å². The quantitative estimate of drug-likeness (QED) is 0.709. The van der Waals surface area contributed by atoms with Gasteiger partial charge in [-0.25, -0.2) is 0 Å². The van der Waals surface area contributed by atoms with Gasteiger partial charge in [-0.2, -0.15) is 0 Å². The highest BCUT2D eigenvalue weighted by atomic mass is 16.5. The number of amides is 2. The summed E-state index contributed by atoms with van der Waals surface area (Å²) in [5.41, 5.74) is 1.16. The molecule has 2 rings (SSSR count). The Hall–Kier alpha value is -2.93. The van der Waals surface area contributed by atoms with E-state index in [1.54, 1.807) is 37.4 Å². The lowest BCUT2D eigenvalue weighted by atomic mass is 10.2. The van der Waals surface area contributed by atoms with Gasteiger partial charge in [0, 0.05) is 31.1 Å². The first-order valence-electron chi connectivity index (χ1n) is 8.31. The fraction of sp³-hybridized carbons (Fsp3) is 0.316. The summed E-state index contributed by atoms with van der Waals surface area (Å²) in [4.78, 5) is 28.4. The number of aromatic nitrogens is 1. The molecule has 138 valence electrons. The monoisotopic (exact) mass is 357 g/mol. The van der Waals surface area contributed by atoms with Crippen LogP contribution in [0.25, 0.3) is 0 Å². The molecule has 2 N–H and O–H groups in total. The molecule has 1 aromatic carbocycles. The third kappa shape index (κ3) is 5.86. The van der Waals surface area contributed by atoms with Gasteiger partial charge in [-0.1, -0.05) is 0 Å². The van der Waals surface area contributed by atoms with Crippen molar-refractivity contribution < 1.29 is 19.1 Å². The number of rotatable bonds is 8. The number of carbonyl (C=O) groups excluding carboxylic acids is 2. The Bertz CT molecular complexity index is 745. The first-order valence-corrected chi connectivity index (χ1v) is 8.31. The Labute approximate surface area is 152 Å². The van der Waals surface area contributed by atoms with E-state index in [2.05, 4.69) is 15.6 Å². The first kappa shape index (κ1) is 19.4. The molecule has 0 saturated heterocycles. The Balaban J connectivity index is 2.01. The molecule has 0 bridgehead atoms. The minimum atomic E-state index is -0.355. The lowest BCUT2D eigenvalue weighted by molar-refractivity contribution is 0.0932. The van der Waals surface area contributed by atoms with Crippen LogP contribution in [-0.4, -0.2) is 43.2 Å². The summed E-state index contributed by atoms with van der Waals surface area (Å²) in [5, 5.41) is 5.45. The second-order valence-corrected chi connectivity index (χ2v) is 5.82. The van der Waals surface area contributed by atoms with Crippen molar-refractivity contribution >= 4 is 17.5 Å². The summed E-state index contributed by atoms with van der Waals surface area (Å²) >= 11 is 0. The van der Waals surface area contributed by atoms with E-state index < -0.39 is 0 Å². The zero-order valence-electron chi connectivity index (χ0n) is 15.1. The fourth-order valence-corrected chi connectivity index (χ4v) is 2.15.